The molecular formula is C15H26N2O3S. The molecule has 0 saturated carbocycles. The normalized spacial score (nSPS) is 13.6. The van der Waals surface area contributed by atoms with Crippen molar-refractivity contribution in [2.24, 2.45) is 5.73 Å². The minimum Gasteiger partial charge on any atom is -0.383 e. The largest absolute Gasteiger partial charge is 0.383 e. The third-order valence-corrected chi connectivity index (χ3v) is 5.72. The van der Waals surface area contributed by atoms with Gasteiger partial charge in [0.15, 0.2) is 0 Å². The molecular weight excluding hydrogens is 288 g/mol. The maximum atomic E-state index is 13.0. The van der Waals surface area contributed by atoms with Crippen LogP contribution in [0.1, 0.15) is 31.9 Å². The number of hydrogen-bond acceptors (Lipinski definition) is 4. The van der Waals surface area contributed by atoms with E-state index in [0.29, 0.717) is 31.0 Å². The minimum absolute atomic E-state index is 0.212. The smallest absolute Gasteiger partial charge is 0.243 e. The van der Waals surface area contributed by atoms with E-state index in [4.69, 9.17) is 10.5 Å². The second-order valence-corrected chi connectivity index (χ2v) is 6.87. The molecule has 1 unspecified atom stereocenters. The first-order chi connectivity index (χ1) is 9.92. The van der Waals surface area contributed by atoms with Crippen LogP contribution in [-0.4, -0.2) is 39.0 Å². The van der Waals surface area contributed by atoms with Gasteiger partial charge in [0, 0.05) is 26.2 Å². The summed E-state index contributed by atoms with van der Waals surface area (Å²) in [5, 5.41) is 0. The number of aryl methyl sites for hydroxylation is 1. The second-order valence-electron chi connectivity index (χ2n) is 5.01. The number of sulfonamides is 1. The average Bonchev–Trinajstić information content (AvgIpc) is 2.47. The van der Waals surface area contributed by atoms with Gasteiger partial charge in [-0.15, -0.1) is 0 Å². The molecule has 21 heavy (non-hydrogen) atoms. The number of likely N-dealkylation sites (N-methyl/N-ethyl adjacent to an activating group) is 1. The highest BCUT2D eigenvalue weighted by Crippen LogP contribution is 2.24. The molecule has 1 aromatic rings. The Morgan fingerprint density at radius 3 is 2.48 bits per heavy atom. The van der Waals surface area contributed by atoms with E-state index in [0.717, 1.165) is 11.1 Å². The van der Waals surface area contributed by atoms with Crippen molar-refractivity contribution in [1.29, 1.82) is 0 Å². The molecule has 0 aliphatic rings. The molecule has 1 rings (SSSR count). The van der Waals surface area contributed by atoms with Crippen LogP contribution in [-0.2, 0) is 27.7 Å². The minimum atomic E-state index is -3.55. The summed E-state index contributed by atoms with van der Waals surface area (Å²) in [4.78, 5) is 0.359. The van der Waals surface area contributed by atoms with Crippen molar-refractivity contribution < 1.29 is 13.2 Å². The fourth-order valence-corrected chi connectivity index (χ4v) is 4.40. The van der Waals surface area contributed by atoms with E-state index in [9.17, 15) is 8.42 Å². The van der Waals surface area contributed by atoms with Gasteiger partial charge >= 0.3 is 0 Å². The van der Waals surface area contributed by atoms with E-state index in [1.54, 1.807) is 13.2 Å². The SMILES string of the molecule is CCc1ccc(CN)cc1S(=O)(=O)N(CC)C(C)COC. The van der Waals surface area contributed by atoms with Crippen molar-refractivity contribution in [3.05, 3.63) is 29.3 Å². The Bertz CT molecular complexity index is 558. The number of methoxy groups -OCH3 is 1. The molecule has 0 saturated heterocycles. The van der Waals surface area contributed by atoms with Crippen LogP contribution in [0.25, 0.3) is 0 Å². The van der Waals surface area contributed by atoms with E-state index >= 15 is 0 Å². The van der Waals surface area contributed by atoms with Gasteiger partial charge in [-0.1, -0.05) is 26.0 Å². The Morgan fingerprint density at radius 1 is 1.33 bits per heavy atom. The number of hydrogen-bond donors (Lipinski definition) is 1. The predicted molar refractivity (Wildman–Crippen MR) is 84.6 cm³/mol. The molecule has 1 atom stereocenters. The van der Waals surface area contributed by atoms with Crippen LogP contribution in [0.3, 0.4) is 0 Å². The van der Waals surface area contributed by atoms with Crippen LogP contribution in [0, 0.1) is 0 Å². The van der Waals surface area contributed by atoms with Gasteiger partial charge in [0.05, 0.1) is 11.5 Å². The Morgan fingerprint density at radius 2 is 2.00 bits per heavy atom. The molecule has 0 heterocycles. The first-order valence-corrected chi connectivity index (χ1v) is 8.68. The van der Waals surface area contributed by atoms with Gasteiger partial charge in [-0.3, -0.25) is 0 Å². The van der Waals surface area contributed by atoms with Gasteiger partial charge in [0.1, 0.15) is 0 Å². The quantitative estimate of drug-likeness (QED) is 0.793. The van der Waals surface area contributed by atoms with Gasteiger partial charge in [-0.05, 0) is 30.5 Å². The highest BCUT2D eigenvalue weighted by Gasteiger charge is 2.29. The molecule has 0 fully saturated rings. The van der Waals surface area contributed by atoms with Crippen molar-refractivity contribution in [1.82, 2.24) is 4.31 Å². The third-order valence-electron chi connectivity index (χ3n) is 3.55. The number of rotatable bonds is 8. The zero-order valence-electron chi connectivity index (χ0n) is 13.3. The molecule has 1 aromatic carbocycles. The first-order valence-electron chi connectivity index (χ1n) is 7.24. The molecule has 6 heteroatoms. The topological polar surface area (TPSA) is 72.6 Å². The second kappa shape index (κ2) is 7.89. The summed E-state index contributed by atoms with van der Waals surface area (Å²) < 4.78 is 32.5. The lowest BCUT2D eigenvalue weighted by Crippen LogP contribution is -2.41. The summed E-state index contributed by atoms with van der Waals surface area (Å²) in [6, 6.07) is 5.21. The van der Waals surface area contributed by atoms with Gasteiger partial charge in [-0.2, -0.15) is 4.31 Å². The van der Waals surface area contributed by atoms with Crippen LogP contribution in [0.15, 0.2) is 23.1 Å². The van der Waals surface area contributed by atoms with Crippen molar-refractivity contribution >= 4 is 10.0 Å². The molecule has 0 aliphatic carbocycles. The maximum Gasteiger partial charge on any atom is 0.243 e. The third kappa shape index (κ3) is 4.03. The molecule has 0 amide bonds. The van der Waals surface area contributed by atoms with Gasteiger partial charge in [0.25, 0.3) is 0 Å². The van der Waals surface area contributed by atoms with E-state index in [1.165, 1.54) is 4.31 Å². The fraction of sp³-hybridized carbons (Fsp3) is 0.600. The lowest BCUT2D eigenvalue weighted by Gasteiger charge is -2.27. The van der Waals surface area contributed by atoms with Gasteiger partial charge in [-0.25, -0.2) is 8.42 Å². The summed E-state index contributed by atoms with van der Waals surface area (Å²) in [5.41, 5.74) is 7.28. The Labute approximate surface area is 128 Å². The number of nitrogens with zero attached hydrogens (tertiary/aromatic N) is 1. The van der Waals surface area contributed by atoms with E-state index < -0.39 is 10.0 Å². The highest BCUT2D eigenvalue weighted by molar-refractivity contribution is 7.89. The average molecular weight is 314 g/mol. The zero-order chi connectivity index (χ0) is 16.0. The highest BCUT2D eigenvalue weighted by atomic mass is 32.2. The Hall–Kier alpha value is -0.950. The summed E-state index contributed by atoms with van der Waals surface area (Å²) in [5.74, 6) is 0. The standard InChI is InChI=1S/C15H26N2O3S/c1-5-14-8-7-13(10-16)9-15(14)21(18,19)17(6-2)12(3)11-20-4/h7-9,12H,5-6,10-11,16H2,1-4H3. The monoisotopic (exact) mass is 314 g/mol. The lowest BCUT2D eigenvalue weighted by atomic mass is 10.1. The fourth-order valence-electron chi connectivity index (χ4n) is 2.43. The van der Waals surface area contributed by atoms with Crippen LogP contribution < -0.4 is 5.73 Å². The van der Waals surface area contributed by atoms with Crippen LogP contribution in [0.5, 0.6) is 0 Å². The van der Waals surface area contributed by atoms with Crippen LogP contribution in [0.4, 0.5) is 0 Å². The zero-order valence-corrected chi connectivity index (χ0v) is 14.1. The van der Waals surface area contributed by atoms with Crippen molar-refractivity contribution in [2.45, 2.75) is 44.7 Å². The number of ether oxygens (including phenoxy) is 1. The molecule has 0 aliphatic heterocycles. The Kier molecular flexibility index (Phi) is 6.80. The summed E-state index contributed by atoms with van der Waals surface area (Å²) in [6.45, 7) is 6.73. The molecule has 2 N–H and O–H groups in total. The van der Waals surface area contributed by atoms with E-state index in [2.05, 4.69) is 0 Å². The molecule has 0 aromatic heterocycles. The first kappa shape index (κ1) is 18.1. The summed E-state index contributed by atoms with van der Waals surface area (Å²) in [7, 11) is -1.98. The molecule has 0 spiro atoms. The van der Waals surface area contributed by atoms with Crippen LogP contribution in [0.2, 0.25) is 0 Å². The lowest BCUT2D eigenvalue weighted by molar-refractivity contribution is 0.142. The van der Waals surface area contributed by atoms with Gasteiger partial charge in [0.2, 0.25) is 10.0 Å². The van der Waals surface area contributed by atoms with Crippen LogP contribution >= 0.6 is 0 Å². The number of nitrogens with two attached hydrogens (primary N) is 1. The number of benzene rings is 1. The maximum absolute atomic E-state index is 13.0. The van der Waals surface area contributed by atoms with E-state index in [-0.39, 0.29) is 6.04 Å². The van der Waals surface area contributed by atoms with Crippen molar-refractivity contribution in [3.8, 4) is 0 Å². The van der Waals surface area contributed by atoms with Gasteiger partial charge < -0.3 is 10.5 Å². The summed E-state index contributed by atoms with van der Waals surface area (Å²) >= 11 is 0. The molecule has 120 valence electrons. The Balaban J connectivity index is 3.33. The molecule has 5 nitrogen and oxygen atoms in total. The van der Waals surface area contributed by atoms with Crippen molar-refractivity contribution in [2.75, 3.05) is 20.3 Å². The van der Waals surface area contributed by atoms with Crippen molar-refractivity contribution in [3.63, 3.8) is 0 Å². The molecule has 0 bridgehead atoms. The predicted octanol–water partition coefficient (Wildman–Crippen LogP) is 1.75. The van der Waals surface area contributed by atoms with E-state index in [1.807, 2.05) is 32.9 Å². The summed E-state index contributed by atoms with van der Waals surface area (Å²) in [6.07, 6.45) is 0.662. The molecule has 0 radical (unpaired) electrons.